The molecule has 0 heterocycles. The van der Waals surface area contributed by atoms with Crippen molar-refractivity contribution in [2.45, 2.75) is 50.5 Å². The Hall–Kier alpha value is -0.860. The third-order valence-electron chi connectivity index (χ3n) is 4.30. The molecule has 0 bridgehead atoms. The van der Waals surface area contributed by atoms with Crippen molar-refractivity contribution in [3.63, 3.8) is 0 Å². The van der Waals surface area contributed by atoms with Gasteiger partial charge in [0.05, 0.1) is 0 Å². The van der Waals surface area contributed by atoms with Crippen LogP contribution in [0.4, 0.5) is 0 Å². The molecule has 0 saturated carbocycles. The number of aliphatic hydroxyl groups is 1. The standard InChI is InChI=1S/C15H23NO/c1-12(16)15(10-11-17)9-5-4-7-13-6-2-3-8-14(13)15/h2-3,6,8,12,17H,4-5,7,9-11,16H2,1H3. The number of fused-ring (bicyclic) bond motifs is 1. The average Bonchev–Trinajstić information content (AvgIpc) is 2.51. The van der Waals surface area contributed by atoms with Crippen LogP contribution >= 0.6 is 0 Å². The highest BCUT2D eigenvalue weighted by atomic mass is 16.3. The predicted octanol–water partition coefficient (Wildman–Crippen LogP) is 2.38. The number of aliphatic hydroxyl groups excluding tert-OH is 1. The second-order valence-corrected chi connectivity index (χ2v) is 5.28. The van der Waals surface area contributed by atoms with Gasteiger partial charge in [0.25, 0.3) is 0 Å². The van der Waals surface area contributed by atoms with Crippen LogP contribution in [0.25, 0.3) is 0 Å². The molecule has 2 heteroatoms. The first-order valence-corrected chi connectivity index (χ1v) is 6.65. The van der Waals surface area contributed by atoms with Crippen LogP contribution in [0, 0.1) is 0 Å². The Balaban J connectivity index is 2.50. The maximum absolute atomic E-state index is 9.39. The van der Waals surface area contributed by atoms with Crippen LogP contribution in [-0.2, 0) is 11.8 Å². The van der Waals surface area contributed by atoms with Crippen molar-refractivity contribution in [2.24, 2.45) is 5.73 Å². The van der Waals surface area contributed by atoms with Gasteiger partial charge in [-0.2, -0.15) is 0 Å². The van der Waals surface area contributed by atoms with Gasteiger partial charge in [0.15, 0.2) is 0 Å². The number of hydrogen-bond donors (Lipinski definition) is 2. The van der Waals surface area contributed by atoms with Crippen LogP contribution in [0.1, 0.15) is 43.7 Å². The van der Waals surface area contributed by atoms with Crippen LogP contribution in [0.5, 0.6) is 0 Å². The molecule has 0 fully saturated rings. The zero-order valence-corrected chi connectivity index (χ0v) is 10.7. The third-order valence-corrected chi connectivity index (χ3v) is 4.30. The molecule has 0 aromatic heterocycles. The fourth-order valence-electron chi connectivity index (χ4n) is 3.27. The van der Waals surface area contributed by atoms with Gasteiger partial charge in [-0.1, -0.05) is 30.7 Å². The number of rotatable bonds is 3. The van der Waals surface area contributed by atoms with Gasteiger partial charge in [0, 0.05) is 18.1 Å². The van der Waals surface area contributed by atoms with Crippen LogP contribution in [0.3, 0.4) is 0 Å². The van der Waals surface area contributed by atoms with Gasteiger partial charge in [-0.25, -0.2) is 0 Å². The van der Waals surface area contributed by atoms with Gasteiger partial charge in [-0.05, 0) is 43.7 Å². The smallest absolute Gasteiger partial charge is 0.0440 e. The minimum Gasteiger partial charge on any atom is -0.396 e. The summed E-state index contributed by atoms with van der Waals surface area (Å²) in [6, 6.07) is 8.72. The molecule has 2 unspecified atom stereocenters. The highest BCUT2D eigenvalue weighted by molar-refractivity contribution is 5.37. The summed E-state index contributed by atoms with van der Waals surface area (Å²) in [6.45, 7) is 2.30. The van der Waals surface area contributed by atoms with E-state index in [4.69, 9.17) is 5.73 Å². The van der Waals surface area contributed by atoms with Gasteiger partial charge in [-0.3, -0.25) is 0 Å². The predicted molar refractivity (Wildman–Crippen MR) is 71.0 cm³/mol. The second-order valence-electron chi connectivity index (χ2n) is 5.28. The van der Waals surface area contributed by atoms with Crippen LogP contribution in [0.15, 0.2) is 24.3 Å². The topological polar surface area (TPSA) is 46.2 Å². The van der Waals surface area contributed by atoms with E-state index in [1.807, 2.05) is 0 Å². The molecular weight excluding hydrogens is 210 g/mol. The molecule has 2 atom stereocenters. The molecule has 0 spiro atoms. The molecule has 94 valence electrons. The van der Waals surface area contributed by atoms with E-state index in [-0.39, 0.29) is 18.1 Å². The fourth-order valence-corrected chi connectivity index (χ4v) is 3.27. The number of aryl methyl sites for hydroxylation is 1. The largest absolute Gasteiger partial charge is 0.396 e. The van der Waals surface area contributed by atoms with Gasteiger partial charge >= 0.3 is 0 Å². The van der Waals surface area contributed by atoms with E-state index in [1.54, 1.807) is 0 Å². The van der Waals surface area contributed by atoms with Crippen molar-refractivity contribution in [3.8, 4) is 0 Å². The minimum absolute atomic E-state index is 0.0259. The Labute approximate surface area is 104 Å². The Bertz CT molecular complexity index is 375. The minimum atomic E-state index is -0.0259. The lowest BCUT2D eigenvalue weighted by atomic mass is 9.69. The van der Waals surface area contributed by atoms with Gasteiger partial charge < -0.3 is 10.8 Å². The first kappa shape index (κ1) is 12.6. The number of hydrogen-bond acceptors (Lipinski definition) is 2. The summed E-state index contributed by atoms with van der Waals surface area (Å²) in [5.74, 6) is 0. The molecule has 0 amide bonds. The summed E-state index contributed by atoms with van der Waals surface area (Å²) >= 11 is 0. The van der Waals surface area contributed by atoms with Crippen molar-refractivity contribution in [2.75, 3.05) is 6.61 Å². The molecule has 1 aliphatic carbocycles. The zero-order valence-electron chi connectivity index (χ0n) is 10.7. The lowest BCUT2D eigenvalue weighted by Crippen LogP contribution is -2.44. The Morgan fingerprint density at radius 1 is 1.35 bits per heavy atom. The summed E-state index contributed by atoms with van der Waals surface area (Å²) in [5, 5.41) is 9.39. The van der Waals surface area contributed by atoms with E-state index < -0.39 is 0 Å². The highest BCUT2D eigenvalue weighted by Gasteiger charge is 2.37. The fraction of sp³-hybridized carbons (Fsp3) is 0.600. The van der Waals surface area contributed by atoms with Crippen molar-refractivity contribution in [1.82, 2.24) is 0 Å². The van der Waals surface area contributed by atoms with Crippen molar-refractivity contribution < 1.29 is 5.11 Å². The molecular formula is C15H23NO. The number of nitrogens with two attached hydrogens (primary N) is 1. The highest BCUT2D eigenvalue weighted by Crippen LogP contribution is 2.40. The van der Waals surface area contributed by atoms with Gasteiger partial charge in [0.2, 0.25) is 0 Å². The summed E-state index contributed by atoms with van der Waals surface area (Å²) in [6.07, 6.45) is 5.47. The molecule has 0 aliphatic heterocycles. The summed E-state index contributed by atoms with van der Waals surface area (Å²) < 4.78 is 0. The Morgan fingerprint density at radius 3 is 2.82 bits per heavy atom. The zero-order chi connectivity index (χ0) is 12.3. The molecule has 17 heavy (non-hydrogen) atoms. The third kappa shape index (κ3) is 2.24. The summed E-state index contributed by atoms with van der Waals surface area (Å²) in [7, 11) is 0. The lowest BCUT2D eigenvalue weighted by molar-refractivity contribution is 0.208. The Morgan fingerprint density at radius 2 is 2.12 bits per heavy atom. The lowest BCUT2D eigenvalue weighted by Gasteiger charge is -2.38. The molecule has 0 saturated heterocycles. The van der Waals surface area contributed by atoms with E-state index in [0.29, 0.717) is 0 Å². The van der Waals surface area contributed by atoms with E-state index in [0.717, 1.165) is 19.3 Å². The first-order valence-electron chi connectivity index (χ1n) is 6.65. The Kier molecular flexibility index (Phi) is 3.85. The average molecular weight is 233 g/mol. The monoisotopic (exact) mass is 233 g/mol. The molecule has 2 nitrogen and oxygen atoms in total. The first-order chi connectivity index (χ1) is 8.20. The SMILES string of the molecule is CC(N)C1(CCO)CCCCc2ccccc21. The maximum atomic E-state index is 9.39. The summed E-state index contributed by atoms with van der Waals surface area (Å²) in [4.78, 5) is 0. The molecule has 1 aliphatic rings. The number of benzene rings is 1. The van der Waals surface area contributed by atoms with E-state index in [1.165, 1.54) is 24.0 Å². The molecule has 1 aromatic carbocycles. The van der Waals surface area contributed by atoms with E-state index in [9.17, 15) is 5.11 Å². The molecule has 0 radical (unpaired) electrons. The molecule has 1 aromatic rings. The van der Waals surface area contributed by atoms with E-state index in [2.05, 4.69) is 31.2 Å². The van der Waals surface area contributed by atoms with Crippen molar-refractivity contribution in [1.29, 1.82) is 0 Å². The van der Waals surface area contributed by atoms with E-state index >= 15 is 0 Å². The maximum Gasteiger partial charge on any atom is 0.0440 e. The van der Waals surface area contributed by atoms with Crippen molar-refractivity contribution in [3.05, 3.63) is 35.4 Å². The van der Waals surface area contributed by atoms with Crippen LogP contribution in [0.2, 0.25) is 0 Å². The molecule has 2 rings (SSSR count). The molecule has 3 N–H and O–H groups in total. The van der Waals surface area contributed by atoms with Crippen LogP contribution in [-0.4, -0.2) is 17.8 Å². The van der Waals surface area contributed by atoms with Crippen LogP contribution < -0.4 is 5.73 Å². The second kappa shape index (κ2) is 5.19. The van der Waals surface area contributed by atoms with Crippen molar-refractivity contribution >= 4 is 0 Å². The quantitative estimate of drug-likeness (QED) is 0.787. The van der Waals surface area contributed by atoms with Gasteiger partial charge in [-0.15, -0.1) is 0 Å². The normalized spacial score (nSPS) is 26.1. The summed E-state index contributed by atoms with van der Waals surface area (Å²) in [5.41, 5.74) is 9.04. The van der Waals surface area contributed by atoms with Gasteiger partial charge in [0.1, 0.15) is 0 Å².